The molecule has 1 aromatic carbocycles. The van der Waals surface area contributed by atoms with Crippen LogP contribution in [0, 0.1) is 6.92 Å². The first kappa shape index (κ1) is 21.5. The molecule has 0 unspecified atom stereocenters. The summed E-state index contributed by atoms with van der Waals surface area (Å²) in [6.45, 7) is 6.21. The number of furan rings is 1. The average Bonchev–Trinajstić information content (AvgIpc) is 3.48. The number of thioether (sulfide) groups is 1. The van der Waals surface area contributed by atoms with Gasteiger partial charge in [-0.2, -0.15) is 0 Å². The number of carbonyl (C=O) groups excluding carboxylic acids is 1. The number of hydrogen-bond acceptors (Lipinski definition) is 7. The van der Waals surface area contributed by atoms with Gasteiger partial charge in [0.1, 0.15) is 5.76 Å². The fourth-order valence-electron chi connectivity index (χ4n) is 2.88. The van der Waals surface area contributed by atoms with Crippen LogP contribution in [0.1, 0.15) is 5.76 Å². The number of nitrogens with zero attached hydrogens (tertiary/aromatic N) is 4. The summed E-state index contributed by atoms with van der Waals surface area (Å²) in [5.74, 6) is 1.48. The van der Waals surface area contributed by atoms with Crippen molar-refractivity contribution < 1.29 is 9.21 Å². The zero-order valence-electron chi connectivity index (χ0n) is 16.5. The van der Waals surface area contributed by atoms with Gasteiger partial charge in [0.05, 0.1) is 23.3 Å². The summed E-state index contributed by atoms with van der Waals surface area (Å²) in [6.07, 6.45) is 3.39. The molecule has 3 heterocycles. The minimum Gasteiger partial charge on any atom is -0.469 e. The van der Waals surface area contributed by atoms with E-state index >= 15 is 0 Å². The van der Waals surface area contributed by atoms with Gasteiger partial charge in [-0.25, -0.2) is 4.98 Å². The van der Waals surface area contributed by atoms with Crippen molar-refractivity contribution in [3.05, 3.63) is 64.9 Å². The highest BCUT2D eigenvalue weighted by Crippen LogP contribution is 2.28. The Hall–Kier alpha value is -2.69. The molecule has 0 atom stereocenters. The lowest BCUT2D eigenvalue weighted by Crippen LogP contribution is -2.14. The van der Waals surface area contributed by atoms with Gasteiger partial charge in [-0.15, -0.1) is 28.1 Å². The predicted octanol–water partition coefficient (Wildman–Crippen LogP) is 5.65. The molecule has 7 nitrogen and oxygen atoms in total. The SMILES string of the molecule is C=CCn1c(SCC(=O)Nc2nc(-c3ccc(Br)cc3)cs2)nnc1-c1ccoc1C. The van der Waals surface area contributed by atoms with Gasteiger partial charge < -0.3 is 9.73 Å². The molecule has 1 amide bonds. The van der Waals surface area contributed by atoms with E-state index in [2.05, 4.69) is 43.0 Å². The predicted molar refractivity (Wildman–Crippen MR) is 127 cm³/mol. The van der Waals surface area contributed by atoms with Crippen LogP contribution in [0.4, 0.5) is 5.13 Å². The minimum absolute atomic E-state index is 0.157. The lowest BCUT2D eigenvalue weighted by molar-refractivity contribution is -0.113. The Morgan fingerprint density at radius 2 is 2.13 bits per heavy atom. The number of halogens is 1. The van der Waals surface area contributed by atoms with Crippen LogP contribution < -0.4 is 5.32 Å². The third-order valence-electron chi connectivity index (χ3n) is 4.35. The molecule has 0 aliphatic carbocycles. The lowest BCUT2D eigenvalue weighted by atomic mass is 10.2. The number of amides is 1. The Balaban J connectivity index is 1.41. The summed E-state index contributed by atoms with van der Waals surface area (Å²) in [6, 6.07) is 9.73. The second kappa shape index (κ2) is 9.63. The second-order valence-electron chi connectivity index (χ2n) is 6.48. The van der Waals surface area contributed by atoms with Crippen LogP contribution in [0.25, 0.3) is 22.6 Å². The largest absolute Gasteiger partial charge is 0.469 e. The van der Waals surface area contributed by atoms with E-state index in [0.717, 1.165) is 27.1 Å². The summed E-state index contributed by atoms with van der Waals surface area (Å²) in [4.78, 5) is 17.0. The number of carbonyl (C=O) groups is 1. The molecule has 3 aromatic heterocycles. The Morgan fingerprint density at radius 3 is 2.84 bits per heavy atom. The van der Waals surface area contributed by atoms with E-state index in [1.807, 2.05) is 47.2 Å². The summed E-state index contributed by atoms with van der Waals surface area (Å²) in [5, 5.41) is 14.5. The van der Waals surface area contributed by atoms with Gasteiger partial charge in [0.25, 0.3) is 0 Å². The van der Waals surface area contributed by atoms with Gasteiger partial charge in [0, 0.05) is 22.0 Å². The van der Waals surface area contributed by atoms with Crippen molar-refractivity contribution in [2.75, 3.05) is 11.1 Å². The Labute approximate surface area is 195 Å². The molecule has 158 valence electrons. The smallest absolute Gasteiger partial charge is 0.236 e. The monoisotopic (exact) mass is 515 g/mol. The normalized spacial score (nSPS) is 10.9. The van der Waals surface area contributed by atoms with Crippen LogP contribution in [0.15, 0.2) is 68.7 Å². The first-order valence-corrected chi connectivity index (χ1v) is 11.9. The van der Waals surface area contributed by atoms with E-state index in [1.54, 1.807) is 12.3 Å². The molecule has 0 fully saturated rings. The number of rotatable bonds is 8. The standard InChI is InChI=1S/C21H18BrN5O2S2/c1-3-9-27-19(16-8-10-29-13(16)2)25-26-21(27)31-12-18(28)24-20-23-17(11-30-20)14-4-6-15(22)7-5-14/h3-8,10-11H,1,9,12H2,2H3,(H,23,24,28). The molecule has 0 saturated heterocycles. The van der Waals surface area contributed by atoms with Crippen molar-refractivity contribution in [1.82, 2.24) is 19.7 Å². The zero-order chi connectivity index (χ0) is 21.8. The fraction of sp³-hybridized carbons (Fsp3) is 0.143. The summed E-state index contributed by atoms with van der Waals surface area (Å²) in [5.41, 5.74) is 2.69. The minimum atomic E-state index is -0.157. The third-order valence-corrected chi connectivity index (χ3v) is 6.60. The fourth-order valence-corrected chi connectivity index (χ4v) is 4.62. The highest BCUT2D eigenvalue weighted by Gasteiger charge is 2.18. The van der Waals surface area contributed by atoms with Gasteiger partial charge in [0.2, 0.25) is 5.91 Å². The number of anilines is 1. The van der Waals surface area contributed by atoms with Crippen LogP contribution in [-0.4, -0.2) is 31.4 Å². The number of allylic oxidation sites excluding steroid dienone is 1. The van der Waals surface area contributed by atoms with E-state index in [9.17, 15) is 4.79 Å². The van der Waals surface area contributed by atoms with E-state index < -0.39 is 0 Å². The molecular formula is C21H18BrN5O2S2. The zero-order valence-corrected chi connectivity index (χ0v) is 19.8. The van der Waals surface area contributed by atoms with Gasteiger partial charge >= 0.3 is 0 Å². The Morgan fingerprint density at radius 1 is 1.32 bits per heavy atom. The third kappa shape index (κ3) is 4.97. The van der Waals surface area contributed by atoms with Crippen molar-refractivity contribution >= 4 is 50.1 Å². The Bertz CT molecular complexity index is 1210. The van der Waals surface area contributed by atoms with Crippen molar-refractivity contribution in [3.63, 3.8) is 0 Å². The molecule has 0 aliphatic rings. The summed E-state index contributed by atoms with van der Waals surface area (Å²) in [7, 11) is 0. The number of hydrogen-bond donors (Lipinski definition) is 1. The quantitative estimate of drug-likeness (QED) is 0.241. The maximum atomic E-state index is 12.5. The highest BCUT2D eigenvalue weighted by molar-refractivity contribution is 9.10. The molecule has 0 spiro atoms. The molecular weight excluding hydrogens is 498 g/mol. The van der Waals surface area contributed by atoms with Gasteiger partial charge in [-0.3, -0.25) is 9.36 Å². The van der Waals surface area contributed by atoms with Crippen LogP contribution in [0.3, 0.4) is 0 Å². The number of aryl methyl sites for hydroxylation is 1. The molecule has 0 radical (unpaired) electrons. The number of aromatic nitrogens is 4. The van der Waals surface area contributed by atoms with E-state index in [1.165, 1.54) is 23.1 Å². The molecule has 31 heavy (non-hydrogen) atoms. The number of benzene rings is 1. The van der Waals surface area contributed by atoms with Gasteiger partial charge in [0.15, 0.2) is 16.1 Å². The maximum absolute atomic E-state index is 12.5. The van der Waals surface area contributed by atoms with Crippen molar-refractivity contribution in [2.45, 2.75) is 18.6 Å². The second-order valence-corrected chi connectivity index (χ2v) is 9.19. The Kier molecular flexibility index (Phi) is 6.69. The lowest BCUT2D eigenvalue weighted by Gasteiger charge is -2.07. The maximum Gasteiger partial charge on any atom is 0.236 e. The van der Waals surface area contributed by atoms with Crippen LogP contribution in [0.2, 0.25) is 0 Å². The summed E-state index contributed by atoms with van der Waals surface area (Å²) < 4.78 is 8.30. The molecule has 0 aliphatic heterocycles. The molecule has 0 saturated carbocycles. The van der Waals surface area contributed by atoms with Crippen molar-refractivity contribution in [2.24, 2.45) is 0 Å². The van der Waals surface area contributed by atoms with Gasteiger partial charge in [-0.1, -0.05) is 45.9 Å². The van der Waals surface area contributed by atoms with Crippen LogP contribution in [0.5, 0.6) is 0 Å². The van der Waals surface area contributed by atoms with Crippen LogP contribution >= 0.6 is 39.0 Å². The molecule has 0 bridgehead atoms. The van der Waals surface area contributed by atoms with E-state index in [0.29, 0.717) is 22.7 Å². The average molecular weight is 516 g/mol. The molecule has 10 heteroatoms. The number of nitrogens with one attached hydrogen (secondary N) is 1. The van der Waals surface area contributed by atoms with Crippen molar-refractivity contribution in [3.8, 4) is 22.6 Å². The first-order valence-electron chi connectivity index (χ1n) is 9.28. The summed E-state index contributed by atoms with van der Waals surface area (Å²) >= 11 is 6.13. The van der Waals surface area contributed by atoms with Crippen molar-refractivity contribution in [1.29, 1.82) is 0 Å². The van der Waals surface area contributed by atoms with Gasteiger partial charge in [-0.05, 0) is 25.1 Å². The first-order chi connectivity index (χ1) is 15.0. The van der Waals surface area contributed by atoms with Crippen LogP contribution in [-0.2, 0) is 11.3 Å². The molecule has 4 aromatic rings. The topological polar surface area (TPSA) is 85.8 Å². The molecule has 4 rings (SSSR count). The van der Waals surface area contributed by atoms with E-state index in [-0.39, 0.29) is 11.7 Å². The highest BCUT2D eigenvalue weighted by atomic mass is 79.9. The number of thiazole rings is 1. The molecule has 1 N–H and O–H groups in total. The van der Waals surface area contributed by atoms with E-state index in [4.69, 9.17) is 4.42 Å².